The van der Waals surface area contributed by atoms with Crippen LogP contribution in [0.1, 0.15) is 17.3 Å². The van der Waals surface area contributed by atoms with Crippen LogP contribution >= 0.6 is 0 Å². The normalized spacial score (nSPS) is 10.1. The summed E-state index contributed by atoms with van der Waals surface area (Å²) < 4.78 is 4.90. The molecule has 4 heteroatoms. The van der Waals surface area contributed by atoms with E-state index in [-0.39, 0.29) is 11.5 Å². The zero-order valence-electron chi connectivity index (χ0n) is 9.97. The minimum atomic E-state index is -0.338. The van der Waals surface area contributed by atoms with E-state index in [0.717, 1.165) is 11.1 Å². The van der Waals surface area contributed by atoms with E-state index in [0.29, 0.717) is 12.2 Å². The van der Waals surface area contributed by atoms with E-state index in [9.17, 15) is 9.59 Å². The molecule has 0 saturated heterocycles. The van der Waals surface area contributed by atoms with Gasteiger partial charge < -0.3 is 9.72 Å². The van der Waals surface area contributed by atoms with E-state index in [1.807, 2.05) is 0 Å². The van der Waals surface area contributed by atoms with Crippen LogP contribution in [0.4, 0.5) is 0 Å². The Labute approximate surface area is 104 Å². The molecular formula is C14H13NO3. The smallest absolute Gasteiger partial charge is 0.338 e. The summed E-state index contributed by atoms with van der Waals surface area (Å²) in [5, 5.41) is 0. The van der Waals surface area contributed by atoms with Gasteiger partial charge in [0.2, 0.25) is 5.56 Å². The third-order valence-electron chi connectivity index (χ3n) is 2.50. The van der Waals surface area contributed by atoms with Gasteiger partial charge in [-0.25, -0.2) is 4.79 Å². The van der Waals surface area contributed by atoms with Gasteiger partial charge >= 0.3 is 5.97 Å². The predicted molar refractivity (Wildman–Crippen MR) is 68.5 cm³/mol. The van der Waals surface area contributed by atoms with Crippen LogP contribution in [0.15, 0.2) is 47.4 Å². The summed E-state index contributed by atoms with van der Waals surface area (Å²) in [4.78, 5) is 25.2. The van der Waals surface area contributed by atoms with Crippen LogP contribution in [0.2, 0.25) is 0 Å². The molecule has 1 heterocycles. The van der Waals surface area contributed by atoms with Crippen molar-refractivity contribution in [2.24, 2.45) is 0 Å². The van der Waals surface area contributed by atoms with Crippen molar-refractivity contribution in [2.45, 2.75) is 6.92 Å². The number of hydrogen-bond acceptors (Lipinski definition) is 3. The maximum Gasteiger partial charge on any atom is 0.338 e. The topological polar surface area (TPSA) is 59.2 Å². The van der Waals surface area contributed by atoms with Gasteiger partial charge in [0.1, 0.15) is 0 Å². The van der Waals surface area contributed by atoms with Crippen LogP contribution in [0.25, 0.3) is 11.1 Å². The molecule has 0 aliphatic heterocycles. The van der Waals surface area contributed by atoms with E-state index in [2.05, 4.69) is 4.98 Å². The highest BCUT2D eigenvalue weighted by atomic mass is 16.5. The van der Waals surface area contributed by atoms with Crippen LogP contribution in [-0.2, 0) is 4.74 Å². The molecule has 2 aromatic rings. The van der Waals surface area contributed by atoms with Crippen molar-refractivity contribution in [2.75, 3.05) is 6.61 Å². The largest absolute Gasteiger partial charge is 0.462 e. The molecule has 0 aliphatic carbocycles. The zero-order valence-corrected chi connectivity index (χ0v) is 9.97. The first kappa shape index (κ1) is 12.1. The van der Waals surface area contributed by atoms with Gasteiger partial charge in [0.25, 0.3) is 0 Å². The Morgan fingerprint density at radius 3 is 2.50 bits per heavy atom. The molecule has 0 radical (unpaired) electrons. The van der Waals surface area contributed by atoms with Gasteiger partial charge in [-0.1, -0.05) is 12.1 Å². The number of ether oxygens (including phenoxy) is 1. The predicted octanol–water partition coefficient (Wildman–Crippen LogP) is 2.22. The first-order valence-electron chi connectivity index (χ1n) is 5.67. The Morgan fingerprint density at radius 1 is 1.17 bits per heavy atom. The Kier molecular flexibility index (Phi) is 3.57. The molecule has 0 aliphatic rings. The third-order valence-corrected chi connectivity index (χ3v) is 2.50. The monoisotopic (exact) mass is 243 g/mol. The van der Waals surface area contributed by atoms with Crippen LogP contribution in [0, 0.1) is 0 Å². The second kappa shape index (κ2) is 5.31. The lowest BCUT2D eigenvalue weighted by molar-refractivity contribution is 0.0526. The standard InChI is InChI=1S/C14H13NO3/c1-2-18-14(17)11-5-3-10(4-6-11)12-7-8-15-13(16)9-12/h3-9H,2H2,1H3,(H,15,16). The number of aromatic nitrogens is 1. The summed E-state index contributed by atoms with van der Waals surface area (Å²) in [6, 6.07) is 10.3. The van der Waals surface area contributed by atoms with Gasteiger partial charge in [-0.2, -0.15) is 0 Å². The van der Waals surface area contributed by atoms with Crippen LogP contribution in [-0.4, -0.2) is 17.6 Å². The fraction of sp³-hybridized carbons (Fsp3) is 0.143. The molecule has 92 valence electrons. The second-order valence-electron chi connectivity index (χ2n) is 3.74. The molecule has 1 aromatic heterocycles. The highest BCUT2D eigenvalue weighted by Gasteiger charge is 2.06. The maximum atomic E-state index is 11.5. The first-order chi connectivity index (χ1) is 8.70. The SMILES string of the molecule is CCOC(=O)c1ccc(-c2cc[nH]c(=O)c2)cc1. The number of pyridine rings is 1. The third kappa shape index (κ3) is 2.66. The zero-order chi connectivity index (χ0) is 13.0. The molecular weight excluding hydrogens is 230 g/mol. The van der Waals surface area contributed by atoms with Crippen molar-refractivity contribution in [3.8, 4) is 11.1 Å². The van der Waals surface area contributed by atoms with E-state index in [1.165, 1.54) is 6.07 Å². The maximum absolute atomic E-state index is 11.5. The van der Waals surface area contributed by atoms with Gasteiger partial charge in [0, 0.05) is 12.3 Å². The Bertz CT molecular complexity index is 599. The fourth-order valence-electron chi connectivity index (χ4n) is 1.64. The molecule has 0 spiro atoms. The molecule has 0 fully saturated rings. The molecule has 0 amide bonds. The minimum Gasteiger partial charge on any atom is -0.462 e. The lowest BCUT2D eigenvalue weighted by Gasteiger charge is -2.04. The summed E-state index contributed by atoms with van der Waals surface area (Å²) in [5.74, 6) is -0.338. The lowest BCUT2D eigenvalue weighted by atomic mass is 10.1. The van der Waals surface area contributed by atoms with Gasteiger partial charge in [0.05, 0.1) is 12.2 Å². The van der Waals surface area contributed by atoms with E-state index >= 15 is 0 Å². The Balaban J connectivity index is 2.27. The van der Waals surface area contributed by atoms with Crippen molar-refractivity contribution in [1.29, 1.82) is 0 Å². The van der Waals surface area contributed by atoms with E-state index < -0.39 is 0 Å². The summed E-state index contributed by atoms with van der Waals surface area (Å²) in [7, 11) is 0. The highest BCUT2D eigenvalue weighted by molar-refractivity contribution is 5.90. The van der Waals surface area contributed by atoms with Crippen LogP contribution in [0.5, 0.6) is 0 Å². The number of H-pyrrole nitrogens is 1. The Hall–Kier alpha value is -2.36. The summed E-state index contributed by atoms with van der Waals surface area (Å²) >= 11 is 0. The molecule has 0 saturated carbocycles. The summed E-state index contributed by atoms with van der Waals surface area (Å²) in [6.45, 7) is 2.12. The minimum absolute atomic E-state index is 0.151. The van der Waals surface area contributed by atoms with Crippen molar-refractivity contribution in [3.63, 3.8) is 0 Å². The molecule has 1 aromatic carbocycles. The molecule has 18 heavy (non-hydrogen) atoms. The van der Waals surface area contributed by atoms with Gasteiger partial charge in [-0.15, -0.1) is 0 Å². The van der Waals surface area contributed by atoms with Crippen molar-refractivity contribution >= 4 is 5.97 Å². The summed E-state index contributed by atoms with van der Waals surface area (Å²) in [5.41, 5.74) is 2.05. The van der Waals surface area contributed by atoms with Gasteiger partial charge in [-0.05, 0) is 36.2 Å². The van der Waals surface area contributed by atoms with Crippen LogP contribution < -0.4 is 5.56 Å². The Morgan fingerprint density at radius 2 is 1.89 bits per heavy atom. The number of hydrogen-bond donors (Lipinski definition) is 1. The molecule has 0 atom stereocenters. The molecule has 0 bridgehead atoms. The van der Waals surface area contributed by atoms with Gasteiger partial charge in [0.15, 0.2) is 0 Å². The number of carbonyl (C=O) groups excluding carboxylic acids is 1. The van der Waals surface area contributed by atoms with Crippen molar-refractivity contribution in [3.05, 3.63) is 58.5 Å². The number of benzene rings is 1. The lowest BCUT2D eigenvalue weighted by Crippen LogP contribution is -2.04. The quantitative estimate of drug-likeness (QED) is 0.841. The summed E-state index contributed by atoms with van der Waals surface area (Å²) in [6.07, 6.45) is 1.59. The number of rotatable bonds is 3. The molecule has 4 nitrogen and oxygen atoms in total. The molecule has 0 unspecified atom stereocenters. The van der Waals surface area contributed by atoms with Gasteiger partial charge in [-0.3, -0.25) is 4.79 Å². The average molecular weight is 243 g/mol. The number of aromatic amines is 1. The number of esters is 1. The van der Waals surface area contributed by atoms with Crippen LogP contribution in [0.3, 0.4) is 0 Å². The van der Waals surface area contributed by atoms with E-state index in [4.69, 9.17) is 4.74 Å². The second-order valence-corrected chi connectivity index (χ2v) is 3.74. The highest BCUT2D eigenvalue weighted by Crippen LogP contribution is 2.17. The van der Waals surface area contributed by atoms with E-state index in [1.54, 1.807) is 43.5 Å². The number of carbonyl (C=O) groups is 1. The average Bonchev–Trinajstić information content (AvgIpc) is 2.39. The molecule has 2 rings (SSSR count). The fourth-order valence-corrected chi connectivity index (χ4v) is 1.64. The van der Waals surface area contributed by atoms with Crippen molar-refractivity contribution in [1.82, 2.24) is 4.98 Å². The first-order valence-corrected chi connectivity index (χ1v) is 5.67. The molecule has 1 N–H and O–H groups in total. The number of nitrogens with one attached hydrogen (secondary N) is 1. The van der Waals surface area contributed by atoms with Crippen molar-refractivity contribution < 1.29 is 9.53 Å².